The molecule has 2 aliphatic heterocycles. The molecular formula is C13H23N3O2. The van der Waals surface area contributed by atoms with Gasteiger partial charge in [-0.2, -0.15) is 0 Å². The summed E-state index contributed by atoms with van der Waals surface area (Å²) in [4.78, 5) is 30.0. The molecule has 2 fully saturated rings. The molecule has 2 rings (SSSR count). The van der Waals surface area contributed by atoms with E-state index in [1.165, 1.54) is 0 Å². The van der Waals surface area contributed by atoms with E-state index < -0.39 is 0 Å². The molecule has 5 heteroatoms. The van der Waals surface area contributed by atoms with E-state index in [1.54, 1.807) is 9.80 Å². The van der Waals surface area contributed by atoms with E-state index >= 15 is 0 Å². The Morgan fingerprint density at radius 3 is 2.78 bits per heavy atom. The highest BCUT2D eigenvalue weighted by atomic mass is 16.2. The highest BCUT2D eigenvalue weighted by Gasteiger charge is 2.42. The molecule has 0 aromatic carbocycles. The fourth-order valence-electron chi connectivity index (χ4n) is 2.80. The van der Waals surface area contributed by atoms with Crippen molar-refractivity contribution in [2.75, 3.05) is 33.7 Å². The summed E-state index contributed by atoms with van der Waals surface area (Å²) in [7, 11) is 4.04. The maximum atomic E-state index is 12.4. The minimum absolute atomic E-state index is 0.119. The Hall–Kier alpha value is -1.10. The van der Waals surface area contributed by atoms with Crippen molar-refractivity contribution < 1.29 is 9.59 Å². The summed E-state index contributed by atoms with van der Waals surface area (Å²) in [5.74, 6) is 0.271. The van der Waals surface area contributed by atoms with Crippen LogP contribution < -0.4 is 0 Å². The number of carbonyl (C=O) groups is 2. The van der Waals surface area contributed by atoms with Gasteiger partial charge >= 0.3 is 0 Å². The maximum absolute atomic E-state index is 12.4. The Morgan fingerprint density at radius 1 is 1.39 bits per heavy atom. The molecule has 2 atom stereocenters. The molecule has 2 amide bonds. The number of hydrogen-bond acceptors (Lipinski definition) is 3. The summed E-state index contributed by atoms with van der Waals surface area (Å²) in [6.07, 6.45) is 2.71. The zero-order chi connectivity index (χ0) is 13.3. The van der Waals surface area contributed by atoms with Gasteiger partial charge in [-0.25, -0.2) is 0 Å². The molecule has 18 heavy (non-hydrogen) atoms. The van der Waals surface area contributed by atoms with Crippen molar-refractivity contribution in [3.8, 4) is 0 Å². The Bertz CT molecular complexity index is 343. The van der Waals surface area contributed by atoms with Crippen molar-refractivity contribution >= 4 is 11.8 Å². The lowest BCUT2D eigenvalue weighted by atomic mass is 10.1. The number of piperazine rings is 1. The van der Waals surface area contributed by atoms with Crippen LogP contribution in [0.25, 0.3) is 0 Å². The van der Waals surface area contributed by atoms with Crippen LogP contribution in [0.2, 0.25) is 0 Å². The molecule has 0 saturated carbocycles. The van der Waals surface area contributed by atoms with Crippen LogP contribution in [-0.2, 0) is 9.59 Å². The molecule has 0 N–H and O–H groups in total. The Balaban J connectivity index is 2.00. The SMILES string of the molecule is CC(CCN(C)C)N1CC(=O)N2CCCC2C1=O. The average molecular weight is 253 g/mol. The van der Waals surface area contributed by atoms with Gasteiger partial charge in [0, 0.05) is 12.6 Å². The van der Waals surface area contributed by atoms with Crippen LogP contribution in [0, 0.1) is 0 Å². The number of hydrogen-bond donors (Lipinski definition) is 0. The first-order valence-corrected chi connectivity index (χ1v) is 6.75. The van der Waals surface area contributed by atoms with Crippen LogP contribution >= 0.6 is 0 Å². The van der Waals surface area contributed by atoms with Crippen LogP contribution in [0.1, 0.15) is 26.2 Å². The van der Waals surface area contributed by atoms with Gasteiger partial charge in [0.15, 0.2) is 0 Å². The highest BCUT2D eigenvalue weighted by molar-refractivity contribution is 5.95. The van der Waals surface area contributed by atoms with Crippen molar-refractivity contribution in [1.82, 2.24) is 14.7 Å². The van der Waals surface area contributed by atoms with Crippen LogP contribution in [0.3, 0.4) is 0 Å². The van der Waals surface area contributed by atoms with E-state index in [4.69, 9.17) is 0 Å². The van der Waals surface area contributed by atoms with E-state index in [9.17, 15) is 9.59 Å². The molecule has 2 heterocycles. The summed E-state index contributed by atoms with van der Waals surface area (Å²) < 4.78 is 0. The largest absolute Gasteiger partial charge is 0.329 e. The first-order valence-electron chi connectivity index (χ1n) is 6.75. The van der Waals surface area contributed by atoms with Gasteiger partial charge in [0.1, 0.15) is 12.6 Å². The van der Waals surface area contributed by atoms with Crippen LogP contribution in [0.4, 0.5) is 0 Å². The minimum Gasteiger partial charge on any atom is -0.329 e. The average Bonchev–Trinajstić information content (AvgIpc) is 2.80. The molecule has 0 spiro atoms. The molecule has 0 radical (unpaired) electrons. The zero-order valence-electron chi connectivity index (χ0n) is 11.6. The van der Waals surface area contributed by atoms with Gasteiger partial charge in [-0.1, -0.05) is 0 Å². The smallest absolute Gasteiger partial charge is 0.246 e. The van der Waals surface area contributed by atoms with Crippen LogP contribution in [0.5, 0.6) is 0 Å². The van der Waals surface area contributed by atoms with Crippen molar-refractivity contribution in [3.05, 3.63) is 0 Å². The Labute approximate surface area is 109 Å². The van der Waals surface area contributed by atoms with E-state index in [2.05, 4.69) is 4.90 Å². The predicted molar refractivity (Wildman–Crippen MR) is 69.1 cm³/mol. The normalized spacial score (nSPS) is 25.9. The first kappa shape index (κ1) is 13.3. The fourth-order valence-corrected chi connectivity index (χ4v) is 2.80. The third kappa shape index (κ3) is 2.51. The Morgan fingerprint density at radius 2 is 2.11 bits per heavy atom. The quantitative estimate of drug-likeness (QED) is 0.717. The lowest BCUT2D eigenvalue weighted by molar-refractivity contribution is -0.155. The standard InChI is InChI=1S/C13H23N3O2/c1-10(6-8-14(2)3)16-9-12(17)15-7-4-5-11(15)13(16)18/h10-11H,4-9H2,1-3H3. The summed E-state index contributed by atoms with van der Waals surface area (Å²) >= 11 is 0. The number of nitrogens with zero attached hydrogens (tertiary/aromatic N) is 3. The zero-order valence-corrected chi connectivity index (χ0v) is 11.6. The second-order valence-corrected chi connectivity index (χ2v) is 5.65. The fraction of sp³-hybridized carbons (Fsp3) is 0.846. The maximum Gasteiger partial charge on any atom is 0.246 e. The number of rotatable bonds is 4. The van der Waals surface area contributed by atoms with Gasteiger partial charge in [0.05, 0.1) is 0 Å². The minimum atomic E-state index is -0.173. The van der Waals surface area contributed by atoms with E-state index in [0.717, 1.165) is 32.4 Å². The molecule has 5 nitrogen and oxygen atoms in total. The van der Waals surface area contributed by atoms with Crippen molar-refractivity contribution in [3.63, 3.8) is 0 Å². The monoisotopic (exact) mass is 253 g/mol. The number of amides is 2. The molecular weight excluding hydrogens is 230 g/mol. The van der Waals surface area contributed by atoms with Gasteiger partial charge in [0.2, 0.25) is 11.8 Å². The predicted octanol–water partition coefficient (Wildman–Crippen LogP) is 0.160. The van der Waals surface area contributed by atoms with Gasteiger partial charge in [-0.3, -0.25) is 9.59 Å². The number of fused-ring (bicyclic) bond motifs is 1. The van der Waals surface area contributed by atoms with Crippen molar-refractivity contribution in [1.29, 1.82) is 0 Å². The molecule has 2 unspecified atom stereocenters. The molecule has 2 aliphatic rings. The van der Waals surface area contributed by atoms with Gasteiger partial charge < -0.3 is 14.7 Å². The third-order valence-corrected chi connectivity index (χ3v) is 3.97. The lowest BCUT2D eigenvalue weighted by Gasteiger charge is -2.39. The molecule has 102 valence electrons. The van der Waals surface area contributed by atoms with E-state index in [-0.39, 0.29) is 30.4 Å². The van der Waals surface area contributed by atoms with Crippen LogP contribution in [0.15, 0.2) is 0 Å². The summed E-state index contributed by atoms with van der Waals surface area (Å²) in [5, 5.41) is 0. The molecule has 0 aliphatic carbocycles. The number of carbonyl (C=O) groups excluding carboxylic acids is 2. The van der Waals surface area contributed by atoms with Gasteiger partial charge in [-0.05, 0) is 46.8 Å². The summed E-state index contributed by atoms with van der Waals surface area (Å²) in [6, 6.07) is -0.0281. The van der Waals surface area contributed by atoms with Crippen molar-refractivity contribution in [2.24, 2.45) is 0 Å². The first-order chi connectivity index (χ1) is 8.50. The second kappa shape index (κ2) is 5.26. The third-order valence-electron chi connectivity index (χ3n) is 3.97. The second-order valence-electron chi connectivity index (χ2n) is 5.65. The van der Waals surface area contributed by atoms with Gasteiger partial charge in [0.25, 0.3) is 0 Å². The molecule has 0 bridgehead atoms. The summed E-state index contributed by atoms with van der Waals surface area (Å²) in [5.41, 5.74) is 0. The molecule has 0 aromatic heterocycles. The molecule has 0 aromatic rings. The summed E-state index contributed by atoms with van der Waals surface area (Å²) in [6.45, 7) is 4.01. The van der Waals surface area contributed by atoms with Gasteiger partial charge in [-0.15, -0.1) is 0 Å². The topological polar surface area (TPSA) is 43.9 Å². The van der Waals surface area contributed by atoms with Crippen LogP contribution in [-0.4, -0.2) is 72.3 Å². The van der Waals surface area contributed by atoms with E-state index in [0.29, 0.717) is 0 Å². The molecule has 2 saturated heterocycles. The van der Waals surface area contributed by atoms with Crippen molar-refractivity contribution in [2.45, 2.75) is 38.3 Å². The lowest BCUT2D eigenvalue weighted by Crippen LogP contribution is -2.59. The highest BCUT2D eigenvalue weighted by Crippen LogP contribution is 2.25. The Kier molecular flexibility index (Phi) is 3.90. The van der Waals surface area contributed by atoms with E-state index in [1.807, 2.05) is 21.0 Å².